The van der Waals surface area contributed by atoms with Crippen LogP contribution in [-0.4, -0.2) is 30.3 Å². The van der Waals surface area contributed by atoms with Crippen molar-refractivity contribution in [3.63, 3.8) is 0 Å². The third-order valence-corrected chi connectivity index (χ3v) is 7.48. The first-order valence-corrected chi connectivity index (χ1v) is 15.0. The number of carboxylic acid groups (broad SMARTS) is 1. The quantitative estimate of drug-likeness (QED) is 0.127. The summed E-state index contributed by atoms with van der Waals surface area (Å²) in [7, 11) is 0. The molecule has 0 fully saturated rings. The van der Waals surface area contributed by atoms with Crippen LogP contribution in [0.1, 0.15) is 99.3 Å². The zero-order valence-electron chi connectivity index (χ0n) is 24.9. The molecule has 3 rings (SSSR count). The first kappa shape index (κ1) is 32.8. The lowest BCUT2D eigenvalue weighted by atomic mass is 9.95. The number of hydrogen-bond acceptors (Lipinski definition) is 4. The third kappa shape index (κ3) is 9.13. The minimum Gasteiger partial charge on any atom is -0.490 e. The van der Waals surface area contributed by atoms with Gasteiger partial charge in [0.05, 0.1) is 24.3 Å². The van der Waals surface area contributed by atoms with Crippen molar-refractivity contribution in [2.75, 3.05) is 13.2 Å². The van der Waals surface area contributed by atoms with Crippen LogP contribution in [0.3, 0.4) is 0 Å². The van der Waals surface area contributed by atoms with Crippen LogP contribution in [0, 0.1) is 17.6 Å². The summed E-state index contributed by atoms with van der Waals surface area (Å²) < 4.78 is 41.5. The molecule has 0 aliphatic carbocycles. The van der Waals surface area contributed by atoms with Crippen molar-refractivity contribution in [2.24, 2.45) is 5.92 Å². The maximum atomic E-state index is 15.6. The van der Waals surface area contributed by atoms with Crippen LogP contribution < -0.4 is 4.74 Å². The Morgan fingerprint density at radius 1 is 0.833 bits per heavy atom. The zero-order valence-corrected chi connectivity index (χ0v) is 24.9. The van der Waals surface area contributed by atoms with Crippen molar-refractivity contribution in [1.29, 1.82) is 0 Å². The van der Waals surface area contributed by atoms with Crippen molar-refractivity contribution < 1.29 is 33.0 Å². The van der Waals surface area contributed by atoms with Gasteiger partial charge >= 0.3 is 11.9 Å². The van der Waals surface area contributed by atoms with Crippen LogP contribution >= 0.6 is 0 Å². The van der Waals surface area contributed by atoms with E-state index >= 15 is 4.39 Å². The Bertz CT molecular complexity index is 1320. The van der Waals surface area contributed by atoms with Gasteiger partial charge in [0.25, 0.3) is 0 Å². The topological polar surface area (TPSA) is 72.8 Å². The van der Waals surface area contributed by atoms with Gasteiger partial charge < -0.3 is 14.6 Å². The summed E-state index contributed by atoms with van der Waals surface area (Å²) in [6.45, 7) is 6.77. The van der Waals surface area contributed by atoms with Gasteiger partial charge in [-0.15, -0.1) is 0 Å². The van der Waals surface area contributed by atoms with E-state index < -0.39 is 23.6 Å². The summed E-state index contributed by atoms with van der Waals surface area (Å²) in [4.78, 5) is 24.2. The van der Waals surface area contributed by atoms with Gasteiger partial charge in [0.15, 0.2) is 11.6 Å². The number of carbonyl (C=O) groups is 2. The summed E-state index contributed by atoms with van der Waals surface area (Å²) in [5.74, 6) is -2.97. The monoisotopic (exact) mass is 580 g/mol. The molecule has 42 heavy (non-hydrogen) atoms. The largest absolute Gasteiger partial charge is 0.490 e. The van der Waals surface area contributed by atoms with E-state index in [9.17, 15) is 19.1 Å². The number of esters is 1. The van der Waals surface area contributed by atoms with E-state index in [-0.39, 0.29) is 40.5 Å². The highest BCUT2D eigenvalue weighted by molar-refractivity contribution is 5.97. The molecule has 0 radical (unpaired) electrons. The van der Waals surface area contributed by atoms with Crippen LogP contribution in [0.5, 0.6) is 5.75 Å². The molecule has 0 saturated heterocycles. The molecule has 0 unspecified atom stereocenters. The number of aromatic carboxylic acids is 1. The van der Waals surface area contributed by atoms with E-state index in [0.29, 0.717) is 17.7 Å². The van der Waals surface area contributed by atoms with E-state index in [0.717, 1.165) is 31.7 Å². The average molecular weight is 581 g/mol. The lowest BCUT2D eigenvalue weighted by Gasteiger charge is -2.14. The van der Waals surface area contributed by atoms with Crippen molar-refractivity contribution >= 4 is 11.9 Å². The molecule has 1 atom stereocenters. The highest BCUT2D eigenvalue weighted by atomic mass is 19.1. The molecule has 1 N–H and O–H groups in total. The Kier molecular flexibility index (Phi) is 13.0. The summed E-state index contributed by atoms with van der Waals surface area (Å²) in [6, 6.07) is 13.1. The highest BCUT2D eigenvalue weighted by Gasteiger charge is 2.21. The predicted molar refractivity (Wildman–Crippen MR) is 162 cm³/mol. The molecule has 3 aromatic rings. The summed E-state index contributed by atoms with van der Waals surface area (Å²) in [5, 5.41) is 9.72. The standard InChI is InChI=1S/C35H42F2O5/c1-4-6-7-8-9-10-11-12-21-41-31-20-19-29(34(38)39)32(33(31)37)26-15-13-25(14-16-26)28-18-17-27(22-30(28)36)35(40)42-23-24(3)5-2/h13-20,22,24H,4-12,21,23H2,1-3H3,(H,38,39)/t24-/m0/s1. The van der Waals surface area contributed by atoms with Crippen LogP contribution in [0.25, 0.3) is 22.3 Å². The minimum atomic E-state index is -1.26. The van der Waals surface area contributed by atoms with Crippen LogP contribution in [-0.2, 0) is 4.74 Å². The van der Waals surface area contributed by atoms with Gasteiger partial charge in [-0.3, -0.25) is 0 Å². The number of halogens is 2. The third-order valence-electron chi connectivity index (χ3n) is 7.48. The smallest absolute Gasteiger partial charge is 0.338 e. The molecular formula is C35H42F2O5. The molecule has 0 aliphatic heterocycles. The number of hydrogen-bond donors (Lipinski definition) is 1. The molecule has 0 aliphatic rings. The number of carboxylic acids is 1. The lowest BCUT2D eigenvalue weighted by Crippen LogP contribution is -2.11. The molecular weight excluding hydrogens is 538 g/mol. The van der Waals surface area contributed by atoms with Crippen molar-refractivity contribution in [1.82, 2.24) is 0 Å². The van der Waals surface area contributed by atoms with E-state index in [1.165, 1.54) is 56.4 Å². The van der Waals surface area contributed by atoms with Gasteiger partial charge in [-0.25, -0.2) is 18.4 Å². The Morgan fingerprint density at radius 2 is 1.48 bits per heavy atom. The van der Waals surface area contributed by atoms with Gasteiger partial charge in [-0.05, 0) is 47.7 Å². The Hall–Kier alpha value is -3.74. The van der Waals surface area contributed by atoms with E-state index in [1.807, 2.05) is 13.8 Å². The molecule has 3 aromatic carbocycles. The summed E-state index contributed by atoms with van der Waals surface area (Å²) in [5.41, 5.74) is 0.926. The van der Waals surface area contributed by atoms with Crippen LogP contribution in [0.2, 0.25) is 0 Å². The molecule has 0 heterocycles. The predicted octanol–water partition coefficient (Wildman–Crippen LogP) is 9.72. The fraction of sp³-hybridized carbons (Fsp3) is 0.429. The molecule has 5 nitrogen and oxygen atoms in total. The second kappa shape index (κ2) is 16.6. The van der Waals surface area contributed by atoms with E-state index in [2.05, 4.69) is 6.92 Å². The lowest BCUT2D eigenvalue weighted by molar-refractivity contribution is 0.0446. The summed E-state index contributed by atoms with van der Waals surface area (Å²) in [6.07, 6.45) is 9.91. The number of ether oxygens (including phenoxy) is 2. The van der Waals surface area contributed by atoms with Gasteiger partial charge in [0, 0.05) is 11.1 Å². The normalized spacial score (nSPS) is 11.7. The average Bonchev–Trinajstić information content (AvgIpc) is 2.99. The molecule has 226 valence electrons. The minimum absolute atomic E-state index is 0.00359. The molecule has 7 heteroatoms. The number of rotatable bonds is 17. The van der Waals surface area contributed by atoms with Gasteiger partial charge in [0.2, 0.25) is 0 Å². The molecule has 0 spiro atoms. The maximum absolute atomic E-state index is 15.6. The second-order valence-corrected chi connectivity index (χ2v) is 10.8. The van der Waals surface area contributed by atoms with E-state index in [1.54, 1.807) is 24.3 Å². The number of benzene rings is 3. The number of unbranched alkanes of at least 4 members (excludes halogenated alkanes) is 7. The van der Waals surface area contributed by atoms with Gasteiger partial charge in [-0.2, -0.15) is 0 Å². The zero-order chi connectivity index (χ0) is 30.5. The fourth-order valence-electron chi connectivity index (χ4n) is 4.66. The first-order chi connectivity index (χ1) is 20.3. The molecule has 0 aromatic heterocycles. The van der Waals surface area contributed by atoms with Gasteiger partial charge in [-0.1, -0.05) is 102 Å². The fourth-order valence-corrected chi connectivity index (χ4v) is 4.66. The first-order valence-electron chi connectivity index (χ1n) is 15.0. The highest BCUT2D eigenvalue weighted by Crippen LogP contribution is 2.35. The van der Waals surface area contributed by atoms with E-state index in [4.69, 9.17) is 9.47 Å². The van der Waals surface area contributed by atoms with Gasteiger partial charge in [0.1, 0.15) is 5.82 Å². The summed E-state index contributed by atoms with van der Waals surface area (Å²) >= 11 is 0. The maximum Gasteiger partial charge on any atom is 0.338 e. The van der Waals surface area contributed by atoms with Crippen molar-refractivity contribution in [2.45, 2.75) is 78.6 Å². The second-order valence-electron chi connectivity index (χ2n) is 10.8. The molecule has 0 bridgehead atoms. The molecule has 0 amide bonds. The molecule has 0 saturated carbocycles. The Balaban J connectivity index is 1.71. The SMILES string of the molecule is CCCCCCCCCCOc1ccc(C(=O)O)c(-c2ccc(-c3ccc(C(=O)OC[C@@H](C)CC)cc3F)cc2)c1F. The van der Waals surface area contributed by atoms with Crippen LogP contribution in [0.15, 0.2) is 54.6 Å². The van der Waals surface area contributed by atoms with Crippen molar-refractivity contribution in [3.8, 4) is 28.0 Å². The van der Waals surface area contributed by atoms with Crippen molar-refractivity contribution in [3.05, 3.63) is 77.4 Å². The van der Waals surface area contributed by atoms with Crippen LogP contribution in [0.4, 0.5) is 8.78 Å². The Morgan fingerprint density at radius 3 is 2.10 bits per heavy atom. The Labute approximate surface area is 247 Å². The number of carbonyl (C=O) groups excluding carboxylic acids is 1.